The Morgan fingerprint density at radius 2 is 2.24 bits per heavy atom. The minimum absolute atomic E-state index is 0.536. The smallest absolute Gasteiger partial charge is 0.0856 e. The highest BCUT2D eigenvalue weighted by Gasteiger charge is 2.23. The Hall–Kier alpha value is -0.600. The number of hydrogen-bond acceptors (Lipinski definition) is 2. The van der Waals surface area contributed by atoms with Crippen LogP contribution in [-0.4, -0.2) is 21.9 Å². The molecule has 0 amide bonds. The van der Waals surface area contributed by atoms with E-state index in [1.165, 1.54) is 24.0 Å². The van der Waals surface area contributed by atoms with Crippen LogP contribution in [0.2, 0.25) is 0 Å². The van der Waals surface area contributed by atoms with E-state index in [0.717, 1.165) is 6.42 Å². The SMILES string of the molecule is CC1=CC[C@@H](/C(C)=C\C[C@H](O)C(C)(C)O)CC1. The minimum Gasteiger partial charge on any atom is -0.390 e. The van der Waals surface area contributed by atoms with Crippen LogP contribution < -0.4 is 0 Å². The summed E-state index contributed by atoms with van der Waals surface area (Å²) in [6.07, 6.45) is 7.77. The molecule has 2 N–H and O–H groups in total. The van der Waals surface area contributed by atoms with Crippen molar-refractivity contribution in [1.82, 2.24) is 0 Å². The zero-order valence-electron chi connectivity index (χ0n) is 11.5. The second-order valence-electron chi connectivity index (χ2n) is 5.88. The number of aliphatic hydroxyl groups is 2. The summed E-state index contributed by atoms with van der Waals surface area (Å²) in [5, 5.41) is 19.4. The molecule has 2 atom stereocenters. The summed E-state index contributed by atoms with van der Waals surface area (Å²) in [7, 11) is 0. The molecule has 0 aromatic carbocycles. The number of aliphatic hydroxyl groups excluding tert-OH is 1. The molecule has 98 valence electrons. The molecule has 2 heteroatoms. The van der Waals surface area contributed by atoms with Crippen LogP contribution in [0.25, 0.3) is 0 Å². The molecule has 0 spiro atoms. The van der Waals surface area contributed by atoms with E-state index in [9.17, 15) is 10.2 Å². The third-order valence-electron chi connectivity index (χ3n) is 3.76. The van der Waals surface area contributed by atoms with Gasteiger partial charge in [-0.2, -0.15) is 0 Å². The van der Waals surface area contributed by atoms with Crippen molar-refractivity contribution in [3.05, 3.63) is 23.3 Å². The fourth-order valence-electron chi connectivity index (χ4n) is 2.13. The molecule has 0 aromatic heterocycles. The quantitative estimate of drug-likeness (QED) is 0.738. The van der Waals surface area contributed by atoms with Crippen LogP contribution in [0.3, 0.4) is 0 Å². The lowest BCUT2D eigenvalue weighted by molar-refractivity contribution is -0.0457. The van der Waals surface area contributed by atoms with Gasteiger partial charge >= 0.3 is 0 Å². The summed E-state index contributed by atoms with van der Waals surface area (Å²) >= 11 is 0. The molecule has 2 nitrogen and oxygen atoms in total. The average molecular weight is 238 g/mol. The van der Waals surface area contributed by atoms with Crippen molar-refractivity contribution in [2.75, 3.05) is 0 Å². The Labute approximate surface area is 105 Å². The van der Waals surface area contributed by atoms with Crippen LogP contribution in [0.1, 0.15) is 53.4 Å². The van der Waals surface area contributed by atoms with Gasteiger partial charge in [0.2, 0.25) is 0 Å². The largest absolute Gasteiger partial charge is 0.390 e. The van der Waals surface area contributed by atoms with E-state index < -0.39 is 11.7 Å². The van der Waals surface area contributed by atoms with E-state index in [0.29, 0.717) is 12.3 Å². The molecule has 0 radical (unpaired) electrons. The lowest BCUT2D eigenvalue weighted by Gasteiger charge is -2.25. The molecule has 0 fully saturated rings. The molecule has 0 saturated carbocycles. The predicted octanol–water partition coefficient (Wildman–Crippen LogP) is 3.20. The van der Waals surface area contributed by atoms with Gasteiger partial charge in [0.1, 0.15) is 0 Å². The molecule has 0 unspecified atom stereocenters. The maximum Gasteiger partial charge on any atom is 0.0856 e. The van der Waals surface area contributed by atoms with Gasteiger partial charge in [-0.3, -0.25) is 0 Å². The summed E-state index contributed by atoms with van der Waals surface area (Å²) in [5.41, 5.74) is 1.82. The van der Waals surface area contributed by atoms with Crippen molar-refractivity contribution >= 4 is 0 Å². The van der Waals surface area contributed by atoms with E-state index >= 15 is 0 Å². The lowest BCUT2D eigenvalue weighted by Crippen LogP contribution is -2.35. The van der Waals surface area contributed by atoms with E-state index in [1.807, 2.05) is 0 Å². The predicted molar refractivity (Wildman–Crippen MR) is 71.8 cm³/mol. The maximum absolute atomic E-state index is 9.77. The van der Waals surface area contributed by atoms with Crippen LogP contribution in [-0.2, 0) is 0 Å². The van der Waals surface area contributed by atoms with Crippen LogP contribution in [0.4, 0.5) is 0 Å². The third-order valence-corrected chi connectivity index (χ3v) is 3.76. The van der Waals surface area contributed by atoms with E-state index in [4.69, 9.17) is 0 Å². The normalized spacial score (nSPS) is 24.5. The van der Waals surface area contributed by atoms with Gasteiger partial charge in [-0.25, -0.2) is 0 Å². The van der Waals surface area contributed by atoms with Crippen LogP contribution in [0, 0.1) is 5.92 Å². The second kappa shape index (κ2) is 5.83. The zero-order valence-corrected chi connectivity index (χ0v) is 11.5. The van der Waals surface area contributed by atoms with Gasteiger partial charge in [0.05, 0.1) is 11.7 Å². The average Bonchev–Trinajstić information content (AvgIpc) is 2.25. The summed E-state index contributed by atoms with van der Waals surface area (Å²) in [5.74, 6) is 0.618. The topological polar surface area (TPSA) is 40.5 Å². The number of allylic oxidation sites excluding steroid dienone is 3. The van der Waals surface area contributed by atoms with E-state index in [2.05, 4.69) is 26.0 Å². The summed E-state index contributed by atoms with van der Waals surface area (Å²) < 4.78 is 0. The molecular weight excluding hydrogens is 212 g/mol. The molecule has 0 heterocycles. The van der Waals surface area contributed by atoms with Crippen molar-refractivity contribution < 1.29 is 10.2 Å². The molecule has 0 saturated heterocycles. The van der Waals surface area contributed by atoms with Crippen molar-refractivity contribution in [3.8, 4) is 0 Å². The van der Waals surface area contributed by atoms with Crippen LogP contribution in [0.15, 0.2) is 23.3 Å². The van der Waals surface area contributed by atoms with E-state index in [-0.39, 0.29) is 0 Å². The second-order valence-corrected chi connectivity index (χ2v) is 5.88. The van der Waals surface area contributed by atoms with Gasteiger partial charge in [0, 0.05) is 0 Å². The number of rotatable bonds is 4. The molecule has 0 aliphatic heterocycles. The Morgan fingerprint density at radius 1 is 1.59 bits per heavy atom. The molecule has 17 heavy (non-hydrogen) atoms. The van der Waals surface area contributed by atoms with Crippen LogP contribution in [0.5, 0.6) is 0 Å². The first-order chi connectivity index (χ1) is 7.80. The van der Waals surface area contributed by atoms with E-state index in [1.54, 1.807) is 13.8 Å². The first-order valence-corrected chi connectivity index (χ1v) is 6.53. The monoisotopic (exact) mass is 238 g/mol. The Bertz CT molecular complexity index is 307. The first-order valence-electron chi connectivity index (χ1n) is 6.53. The van der Waals surface area contributed by atoms with Gasteiger partial charge in [-0.05, 0) is 59.3 Å². The fraction of sp³-hybridized carbons (Fsp3) is 0.733. The third kappa shape index (κ3) is 4.64. The molecule has 1 aliphatic carbocycles. The maximum atomic E-state index is 9.77. The van der Waals surface area contributed by atoms with Crippen molar-refractivity contribution in [2.24, 2.45) is 5.92 Å². The molecule has 1 aliphatic rings. The summed E-state index contributed by atoms with van der Waals surface area (Å²) in [4.78, 5) is 0. The van der Waals surface area contributed by atoms with Crippen molar-refractivity contribution in [3.63, 3.8) is 0 Å². The van der Waals surface area contributed by atoms with Crippen LogP contribution >= 0.6 is 0 Å². The number of hydrogen-bond donors (Lipinski definition) is 2. The van der Waals surface area contributed by atoms with Gasteiger partial charge in [-0.15, -0.1) is 0 Å². The molecule has 0 aromatic rings. The highest BCUT2D eigenvalue weighted by molar-refractivity contribution is 5.13. The molecular formula is C15H26O2. The van der Waals surface area contributed by atoms with Crippen molar-refractivity contribution in [2.45, 2.75) is 65.1 Å². The molecule has 1 rings (SSSR count). The standard InChI is InChI=1S/C15H26O2/c1-11-5-8-13(9-6-11)12(2)7-10-14(16)15(3,4)17/h5,7,13-14,16-17H,6,8-10H2,1-4H3/b12-7-/t13-,14+/m1/s1. The Balaban J connectivity index is 2.50. The Kier molecular flexibility index (Phi) is 4.96. The van der Waals surface area contributed by atoms with Gasteiger partial charge in [-0.1, -0.05) is 23.3 Å². The fourth-order valence-corrected chi connectivity index (χ4v) is 2.13. The zero-order chi connectivity index (χ0) is 13.1. The summed E-state index contributed by atoms with van der Waals surface area (Å²) in [6, 6.07) is 0. The van der Waals surface area contributed by atoms with Crippen molar-refractivity contribution in [1.29, 1.82) is 0 Å². The minimum atomic E-state index is -1.01. The van der Waals surface area contributed by atoms with Gasteiger partial charge in [0.15, 0.2) is 0 Å². The lowest BCUT2D eigenvalue weighted by atomic mass is 9.84. The highest BCUT2D eigenvalue weighted by atomic mass is 16.3. The van der Waals surface area contributed by atoms with Gasteiger partial charge in [0.25, 0.3) is 0 Å². The Morgan fingerprint density at radius 3 is 2.71 bits per heavy atom. The van der Waals surface area contributed by atoms with Gasteiger partial charge < -0.3 is 10.2 Å². The first kappa shape index (κ1) is 14.5. The highest BCUT2D eigenvalue weighted by Crippen LogP contribution is 2.29. The summed E-state index contributed by atoms with van der Waals surface area (Å²) in [6.45, 7) is 7.62. The molecule has 0 bridgehead atoms.